The Labute approximate surface area is 174 Å². The average molecular weight is 433 g/mol. The minimum absolute atomic E-state index is 0.164. The maximum Gasteiger partial charge on any atom is 0.243 e. The number of nitrogens with one attached hydrogen (secondary N) is 1. The van der Waals surface area contributed by atoms with Gasteiger partial charge in [0.05, 0.1) is 10.4 Å². The van der Waals surface area contributed by atoms with Crippen molar-refractivity contribution in [3.05, 3.63) is 30.0 Å². The fourth-order valence-corrected chi connectivity index (χ4v) is 5.09. The first-order valence-electron chi connectivity index (χ1n) is 10.00. The molecule has 3 heterocycles. The first-order chi connectivity index (χ1) is 14.4. The van der Waals surface area contributed by atoms with Gasteiger partial charge in [0.25, 0.3) is 0 Å². The lowest BCUT2D eigenvalue weighted by Gasteiger charge is -2.25. The summed E-state index contributed by atoms with van der Waals surface area (Å²) in [4.78, 5) is 12.3. The van der Waals surface area contributed by atoms with Crippen LogP contribution in [0.3, 0.4) is 0 Å². The molecule has 0 aliphatic carbocycles. The fraction of sp³-hybridized carbons (Fsp3) is 0.474. The van der Waals surface area contributed by atoms with Gasteiger partial charge in [-0.05, 0) is 44.4 Å². The number of fused-ring (bicyclic) bond motifs is 1. The zero-order valence-corrected chi connectivity index (χ0v) is 17.6. The molecule has 0 spiro atoms. The van der Waals surface area contributed by atoms with Crippen molar-refractivity contribution in [2.24, 2.45) is 0 Å². The number of aromatic nitrogens is 4. The zero-order chi connectivity index (χ0) is 21.1. The molecule has 0 atom stereocenters. The third kappa shape index (κ3) is 4.36. The molecule has 0 radical (unpaired) electrons. The molecule has 30 heavy (non-hydrogen) atoms. The van der Waals surface area contributed by atoms with E-state index in [-0.39, 0.29) is 17.2 Å². The molecular weight excluding hydrogens is 408 g/mol. The van der Waals surface area contributed by atoms with E-state index in [9.17, 15) is 13.2 Å². The predicted octanol–water partition coefficient (Wildman–Crippen LogP) is 2.32. The number of rotatable bonds is 7. The smallest absolute Gasteiger partial charge is 0.243 e. The third-order valence-corrected chi connectivity index (χ3v) is 7.00. The number of hydrogen-bond donors (Lipinski definition) is 1. The van der Waals surface area contributed by atoms with E-state index in [2.05, 4.69) is 20.8 Å². The first-order valence-corrected chi connectivity index (χ1v) is 11.4. The van der Waals surface area contributed by atoms with Crippen molar-refractivity contribution in [3.8, 4) is 0 Å². The van der Waals surface area contributed by atoms with Gasteiger partial charge in [0, 0.05) is 32.1 Å². The Morgan fingerprint density at radius 1 is 1.20 bits per heavy atom. The van der Waals surface area contributed by atoms with Crippen molar-refractivity contribution in [1.29, 1.82) is 0 Å². The van der Waals surface area contributed by atoms with E-state index in [1.54, 1.807) is 35.9 Å². The molecule has 2 aromatic heterocycles. The summed E-state index contributed by atoms with van der Waals surface area (Å²) in [6.45, 7) is 3.35. The van der Waals surface area contributed by atoms with E-state index in [0.29, 0.717) is 43.1 Å². The maximum atomic E-state index is 12.9. The number of nitrogens with zero attached hydrogens (tertiary/aromatic N) is 5. The lowest BCUT2D eigenvalue weighted by Crippen LogP contribution is -2.35. The van der Waals surface area contributed by atoms with Gasteiger partial charge in [-0.25, -0.2) is 13.1 Å². The van der Waals surface area contributed by atoms with Gasteiger partial charge in [0.1, 0.15) is 11.3 Å². The molecular formula is C19H24N6O4S. The number of hydrogen-bond acceptors (Lipinski definition) is 7. The van der Waals surface area contributed by atoms with Gasteiger partial charge in [0.2, 0.25) is 15.9 Å². The topological polar surface area (TPSA) is 123 Å². The van der Waals surface area contributed by atoms with Gasteiger partial charge in [-0.2, -0.15) is 4.31 Å². The molecule has 1 saturated heterocycles. The molecule has 1 amide bonds. The number of carbonyl (C=O) groups excluding carboxylic acids is 1. The molecule has 1 aliphatic rings. The first kappa shape index (κ1) is 20.5. The van der Waals surface area contributed by atoms with Crippen molar-refractivity contribution in [2.75, 3.05) is 18.4 Å². The average Bonchev–Trinajstić information content (AvgIpc) is 3.34. The summed E-state index contributed by atoms with van der Waals surface area (Å²) in [6.07, 6.45) is 3.68. The van der Waals surface area contributed by atoms with Crippen molar-refractivity contribution in [3.63, 3.8) is 0 Å². The molecule has 1 fully saturated rings. The van der Waals surface area contributed by atoms with Crippen LogP contribution in [0.25, 0.3) is 11.0 Å². The number of sulfonamides is 1. The summed E-state index contributed by atoms with van der Waals surface area (Å²) in [7, 11) is -3.51. The summed E-state index contributed by atoms with van der Waals surface area (Å²) in [6, 6.07) is 6.55. The number of anilines is 1. The number of benzene rings is 1. The molecule has 4 rings (SSSR count). The number of amides is 1. The molecule has 0 saturated carbocycles. The van der Waals surface area contributed by atoms with Crippen LogP contribution >= 0.6 is 0 Å². The highest BCUT2D eigenvalue weighted by molar-refractivity contribution is 7.89. The van der Waals surface area contributed by atoms with E-state index in [4.69, 9.17) is 4.52 Å². The fourth-order valence-electron chi connectivity index (χ4n) is 3.55. The molecule has 160 valence electrons. The van der Waals surface area contributed by atoms with Crippen LogP contribution in [0.4, 0.5) is 5.82 Å². The van der Waals surface area contributed by atoms with Crippen molar-refractivity contribution < 1.29 is 17.7 Å². The lowest BCUT2D eigenvalue weighted by molar-refractivity contribution is -0.116. The largest absolute Gasteiger partial charge is 0.360 e. The highest BCUT2D eigenvalue weighted by Gasteiger charge is 2.26. The van der Waals surface area contributed by atoms with Crippen molar-refractivity contribution in [1.82, 2.24) is 24.5 Å². The second-order valence-corrected chi connectivity index (χ2v) is 9.34. The molecule has 3 aromatic rings. The Balaban J connectivity index is 1.39. The van der Waals surface area contributed by atoms with Crippen LogP contribution < -0.4 is 5.32 Å². The van der Waals surface area contributed by atoms with Crippen molar-refractivity contribution >= 4 is 32.8 Å². The second kappa shape index (κ2) is 8.52. The van der Waals surface area contributed by atoms with Crippen LogP contribution in [0.5, 0.6) is 0 Å². The minimum Gasteiger partial charge on any atom is -0.360 e. The van der Waals surface area contributed by atoms with Crippen LogP contribution in [-0.4, -0.2) is 51.9 Å². The zero-order valence-electron chi connectivity index (χ0n) is 16.7. The van der Waals surface area contributed by atoms with Gasteiger partial charge in [-0.15, -0.1) is 5.10 Å². The molecule has 0 bridgehead atoms. The van der Waals surface area contributed by atoms with Crippen LogP contribution in [0.2, 0.25) is 0 Å². The number of aryl methyl sites for hydroxylation is 2. The molecule has 1 aromatic carbocycles. The Hall–Kier alpha value is -2.79. The van der Waals surface area contributed by atoms with Gasteiger partial charge < -0.3 is 9.84 Å². The summed E-state index contributed by atoms with van der Waals surface area (Å²) < 4.78 is 33.8. The summed E-state index contributed by atoms with van der Waals surface area (Å²) in [5, 5.41) is 14.6. The molecule has 10 nitrogen and oxygen atoms in total. The highest BCUT2D eigenvalue weighted by atomic mass is 32.2. The maximum absolute atomic E-state index is 12.9. The number of carbonyl (C=O) groups is 1. The van der Waals surface area contributed by atoms with E-state index >= 15 is 0 Å². The highest BCUT2D eigenvalue weighted by Crippen LogP contribution is 2.23. The Bertz CT molecular complexity index is 1150. The van der Waals surface area contributed by atoms with Crippen LogP contribution in [0.1, 0.15) is 37.9 Å². The summed E-state index contributed by atoms with van der Waals surface area (Å²) >= 11 is 0. The van der Waals surface area contributed by atoms with E-state index in [1.807, 2.05) is 0 Å². The van der Waals surface area contributed by atoms with Crippen LogP contribution in [0, 0.1) is 6.92 Å². The monoisotopic (exact) mass is 432 g/mol. The van der Waals surface area contributed by atoms with Crippen LogP contribution in [0.15, 0.2) is 33.7 Å². The van der Waals surface area contributed by atoms with Gasteiger partial charge in [-0.3, -0.25) is 4.79 Å². The van der Waals surface area contributed by atoms with Gasteiger partial charge in [-0.1, -0.05) is 16.8 Å². The minimum atomic E-state index is -3.51. The molecule has 11 heteroatoms. The van der Waals surface area contributed by atoms with Crippen LogP contribution in [-0.2, 0) is 21.4 Å². The second-order valence-electron chi connectivity index (χ2n) is 7.40. The Kier molecular flexibility index (Phi) is 5.82. The predicted molar refractivity (Wildman–Crippen MR) is 109 cm³/mol. The van der Waals surface area contributed by atoms with Gasteiger partial charge in [0.15, 0.2) is 5.82 Å². The van der Waals surface area contributed by atoms with Gasteiger partial charge >= 0.3 is 0 Å². The summed E-state index contributed by atoms with van der Waals surface area (Å²) in [5.74, 6) is 0.856. The van der Waals surface area contributed by atoms with E-state index < -0.39 is 10.0 Å². The van der Waals surface area contributed by atoms with Crippen molar-refractivity contribution in [2.45, 2.75) is 50.5 Å². The molecule has 0 unspecified atom stereocenters. The molecule has 1 aliphatic heterocycles. The van der Waals surface area contributed by atoms with E-state index in [0.717, 1.165) is 24.8 Å². The third-order valence-electron chi connectivity index (χ3n) is 5.11. The Morgan fingerprint density at radius 3 is 2.73 bits per heavy atom. The quantitative estimate of drug-likeness (QED) is 0.608. The van der Waals surface area contributed by atoms with E-state index in [1.165, 1.54) is 4.31 Å². The summed E-state index contributed by atoms with van der Waals surface area (Å²) in [5.41, 5.74) is 1.26. The standard InChI is InChI=1S/C19H24N6O4S/c1-14-12-18(22-29-14)20-19(26)6-5-11-25-17-8-7-15(13-16(17)21-23-25)30(27,28)24-9-3-2-4-10-24/h7-8,12-13H,2-6,9-11H2,1H3,(H,20,22,26). The SMILES string of the molecule is Cc1cc(NC(=O)CCCn2nnc3cc(S(=O)(=O)N4CCCCC4)ccc32)no1. The molecule has 1 N–H and O–H groups in total. The number of piperidine rings is 1. The normalized spacial score (nSPS) is 15.5. The lowest BCUT2D eigenvalue weighted by atomic mass is 10.2. The Morgan fingerprint density at radius 2 is 2.00 bits per heavy atom.